The van der Waals surface area contributed by atoms with E-state index in [1.807, 2.05) is 37.3 Å². The molecule has 8 nitrogen and oxygen atoms in total. The largest absolute Gasteiger partial charge is 0.454 e. The molecule has 0 aliphatic rings. The van der Waals surface area contributed by atoms with Crippen LogP contribution in [0.25, 0.3) is 5.69 Å². The van der Waals surface area contributed by atoms with Gasteiger partial charge in [0, 0.05) is 16.9 Å². The SMILES string of the molecule is Cc1c(C#N)c(NC(=O)COC(=O)[C@@H](C)NC(=O)c2ccccc2)n(-c2ccccc2)c1C. The minimum Gasteiger partial charge on any atom is -0.454 e. The zero-order valence-corrected chi connectivity index (χ0v) is 18.6. The van der Waals surface area contributed by atoms with Gasteiger partial charge in [0.2, 0.25) is 0 Å². The summed E-state index contributed by atoms with van der Waals surface area (Å²) in [5.74, 6) is -1.46. The summed E-state index contributed by atoms with van der Waals surface area (Å²) in [6, 6.07) is 18.9. The van der Waals surface area contributed by atoms with E-state index in [2.05, 4.69) is 16.7 Å². The standard InChI is InChI=1S/C25H24N4O4/c1-16-18(3)29(20-12-8-5-9-13-20)23(21(16)14-26)28-22(30)15-33-25(32)17(2)27-24(31)19-10-6-4-7-11-19/h4-13,17H,15H2,1-3H3,(H,27,31)(H,28,30)/t17-/m1/s1. The molecule has 3 rings (SSSR count). The van der Waals surface area contributed by atoms with Crippen LogP contribution in [0.15, 0.2) is 60.7 Å². The maximum absolute atomic E-state index is 12.6. The zero-order valence-electron chi connectivity index (χ0n) is 18.6. The van der Waals surface area contributed by atoms with E-state index < -0.39 is 30.4 Å². The van der Waals surface area contributed by atoms with Gasteiger partial charge < -0.3 is 15.4 Å². The summed E-state index contributed by atoms with van der Waals surface area (Å²) in [6.07, 6.45) is 0. The van der Waals surface area contributed by atoms with Gasteiger partial charge in [-0.1, -0.05) is 36.4 Å². The molecular formula is C25H24N4O4. The predicted octanol–water partition coefficient (Wildman–Crippen LogP) is 3.27. The van der Waals surface area contributed by atoms with Crippen molar-refractivity contribution < 1.29 is 19.1 Å². The average Bonchev–Trinajstić information content (AvgIpc) is 3.07. The molecule has 2 amide bonds. The molecule has 0 spiro atoms. The van der Waals surface area contributed by atoms with E-state index in [4.69, 9.17) is 4.74 Å². The van der Waals surface area contributed by atoms with Crippen LogP contribution < -0.4 is 10.6 Å². The summed E-state index contributed by atoms with van der Waals surface area (Å²) in [5, 5.41) is 14.9. The zero-order chi connectivity index (χ0) is 24.0. The Labute approximate surface area is 191 Å². The molecule has 0 aliphatic heterocycles. The molecule has 0 aliphatic carbocycles. The van der Waals surface area contributed by atoms with Crippen LogP contribution in [0.2, 0.25) is 0 Å². The molecule has 2 aromatic carbocycles. The number of hydrogen-bond donors (Lipinski definition) is 2. The third kappa shape index (κ3) is 5.28. The average molecular weight is 444 g/mol. The Hall–Kier alpha value is -4.38. The van der Waals surface area contributed by atoms with Crippen molar-refractivity contribution in [2.45, 2.75) is 26.8 Å². The normalized spacial score (nSPS) is 11.2. The number of carbonyl (C=O) groups is 3. The van der Waals surface area contributed by atoms with Crippen molar-refractivity contribution in [3.8, 4) is 11.8 Å². The fourth-order valence-corrected chi connectivity index (χ4v) is 3.32. The fourth-order valence-electron chi connectivity index (χ4n) is 3.32. The number of benzene rings is 2. The monoisotopic (exact) mass is 444 g/mol. The topological polar surface area (TPSA) is 113 Å². The quantitative estimate of drug-likeness (QED) is 0.543. The summed E-state index contributed by atoms with van der Waals surface area (Å²) in [5.41, 5.74) is 3.07. The maximum Gasteiger partial charge on any atom is 0.328 e. The number of anilines is 1. The van der Waals surface area contributed by atoms with Crippen LogP contribution in [0, 0.1) is 25.2 Å². The van der Waals surface area contributed by atoms with Gasteiger partial charge in [0.25, 0.3) is 11.8 Å². The van der Waals surface area contributed by atoms with Crippen LogP contribution in [0.1, 0.15) is 34.1 Å². The second-order valence-electron chi connectivity index (χ2n) is 7.43. The number of ether oxygens (including phenoxy) is 1. The molecule has 2 N–H and O–H groups in total. The molecule has 0 bridgehead atoms. The molecular weight excluding hydrogens is 420 g/mol. The third-order valence-corrected chi connectivity index (χ3v) is 5.18. The number of amides is 2. The first-order valence-electron chi connectivity index (χ1n) is 10.3. The van der Waals surface area contributed by atoms with Crippen molar-refractivity contribution in [2.75, 3.05) is 11.9 Å². The number of rotatable bonds is 7. The van der Waals surface area contributed by atoms with Crippen molar-refractivity contribution in [1.29, 1.82) is 5.26 Å². The highest BCUT2D eigenvalue weighted by Gasteiger charge is 2.22. The van der Waals surface area contributed by atoms with E-state index in [9.17, 15) is 19.6 Å². The lowest BCUT2D eigenvalue weighted by Gasteiger charge is -2.15. The third-order valence-electron chi connectivity index (χ3n) is 5.18. The smallest absolute Gasteiger partial charge is 0.328 e. The number of esters is 1. The van der Waals surface area contributed by atoms with E-state index in [0.717, 1.165) is 16.9 Å². The Bertz CT molecular complexity index is 1210. The number of carbonyl (C=O) groups excluding carboxylic acids is 3. The Morgan fingerprint density at radius 1 is 1.03 bits per heavy atom. The lowest BCUT2D eigenvalue weighted by Crippen LogP contribution is -2.40. The molecule has 1 heterocycles. The fraction of sp³-hybridized carbons (Fsp3) is 0.200. The van der Waals surface area contributed by atoms with Gasteiger partial charge in [-0.05, 0) is 50.6 Å². The number of hydrogen-bond acceptors (Lipinski definition) is 5. The van der Waals surface area contributed by atoms with Crippen LogP contribution in [-0.4, -0.2) is 35.0 Å². The molecule has 1 aromatic heterocycles. The van der Waals surface area contributed by atoms with Gasteiger partial charge in [-0.3, -0.25) is 14.2 Å². The first-order chi connectivity index (χ1) is 15.8. The summed E-state index contributed by atoms with van der Waals surface area (Å²) in [7, 11) is 0. The van der Waals surface area contributed by atoms with E-state index in [1.165, 1.54) is 6.92 Å². The van der Waals surface area contributed by atoms with Crippen LogP contribution >= 0.6 is 0 Å². The molecule has 0 saturated carbocycles. The van der Waals surface area contributed by atoms with Crippen molar-refractivity contribution in [3.63, 3.8) is 0 Å². The minimum atomic E-state index is -0.946. The van der Waals surface area contributed by atoms with Crippen LogP contribution in [0.3, 0.4) is 0 Å². The second-order valence-corrected chi connectivity index (χ2v) is 7.43. The number of nitrogens with one attached hydrogen (secondary N) is 2. The molecule has 3 aromatic rings. The molecule has 33 heavy (non-hydrogen) atoms. The van der Waals surface area contributed by atoms with Crippen LogP contribution in [-0.2, 0) is 14.3 Å². The summed E-state index contributed by atoms with van der Waals surface area (Å²) >= 11 is 0. The van der Waals surface area contributed by atoms with Crippen molar-refractivity contribution in [3.05, 3.63) is 83.0 Å². The minimum absolute atomic E-state index is 0.310. The lowest BCUT2D eigenvalue weighted by atomic mass is 10.2. The van der Waals surface area contributed by atoms with Gasteiger partial charge in [-0.25, -0.2) is 4.79 Å². The summed E-state index contributed by atoms with van der Waals surface area (Å²) in [6.45, 7) is 4.57. The van der Waals surface area contributed by atoms with Crippen molar-refractivity contribution >= 4 is 23.6 Å². The molecule has 1 atom stereocenters. The Balaban J connectivity index is 1.66. The number of nitriles is 1. The van der Waals surface area contributed by atoms with Gasteiger partial charge in [0.15, 0.2) is 6.61 Å². The van der Waals surface area contributed by atoms with E-state index in [-0.39, 0.29) is 0 Å². The summed E-state index contributed by atoms with van der Waals surface area (Å²) in [4.78, 5) is 37.0. The van der Waals surface area contributed by atoms with Gasteiger partial charge >= 0.3 is 5.97 Å². The highest BCUT2D eigenvalue weighted by atomic mass is 16.5. The first-order valence-corrected chi connectivity index (χ1v) is 10.3. The molecule has 8 heteroatoms. The van der Waals surface area contributed by atoms with Gasteiger partial charge in [0.1, 0.15) is 17.9 Å². The molecule has 0 unspecified atom stereocenters. The van der Waals surface area contributed by atoms with Crippen LogP contribution in [0.5, 0.6) is 0 Å². The Kier molecular flexibility index (Phi) is 7.26. The second kappa shape index (κ2) is 10.3. The van der Waals surface area contributed by atoms with Gasteiger partial charge in [-0.2, -0.15) is 5.26 Å². The molecule has 0 fully saturated rings. The Morgan fingerprint density at radius 3 is 2.24 bits per heavy atom. The van der Waals surface area contributed by atoms with E-state index in [1.54, 1.807) is 41.8 Å². The highest BCUT2D eigenvalue weighted by molar-refractivity contribution is 5.97. The molecule has 168 valence electrons. The predicted molar refractivity (Wildman–Crippen MR) is 123 cm³/mol. The van der Waals surface area contributed by atoms with Crippen molar-refractivity contribution in [2.24, 2.45) is 0 Å². The van der Waals surface area contributed by atoms with Crippen LogP contribution in [0.4, 0.5) is 5.82 Å². The summed E-state index contributed by atoms with van der Waals surface area (Å²) < 4.78 is 6.85. The highest BCUT2D eigenvalue weighted by Crippen LogP contribution is 2.29. The number of nitrogens with zero attached hydrogens (tertiary/aromatic N) is 2. The molecule has 0 saturated heterocycles. The number of aromatic nitrogens is 1. The lowest BCUT2D eigenvalue weighted by molar-refractivity contribution is -0.148. The van der Waals surface area contributed by atoms with Gasteiger partial charge in [0.05, 0.1) is 5.56 Å². The molecule has 0 radical (unpaired) electrons. The number of para-hydroxylation sites is 1. The van der Waals surface area contributed by atoms with E-state index >= 15 is 0 Å². The first kappa shape index (κ1) is 23.3. The maximum atomic E-state index is 12.6. The van der Waals surface area contributed by atoms with Gasteiger partial charge in [-0.15, -0.1) is 0 Å². The van der Waals surface area contributed by atoms with Crippen molar-refractivity contribution in [1.82, 2.24) is 9.88 Å². The van der Waals surface area contributed by atoms with E-state index in [0.29, 0.717) is 16.9 Å². The Morgan fingerprint density at radius 2 is 1.64 bits per heavy atom.